The van der Waals surface area contributed by atoms with Gasteiger partial charge < -0.3 is 23.3 Å². The standard InChI is InChI=1S/C7H6O5.Al.Mg.5H/c8-4-1-3(7(11)12)2-5(9)6(4)10;;;;;;;/h1-2,8-10H,(H,11,12);;;;;;;/q;;+2;;;;2*-1. The molecule has 0 amide bonds. The van der Waals surface area contributed by atoms with Crippen molar-refractivity contribution < 1.29 is 28.1 Å². The van der Waals surface area contributed by atoms with Crippen LogP contribution < -0.4 is 0 Å². The molecule has 7 heteroatoms. The molecule has 0 aromatic heterocycles. The maximum Gasteiger partial charge on any atom is 2.00 e. The molecule has 0 saturated heterocycles. The minimum atomic E-state index is -1.29. The normalized spacial score (nSPS) is 8.29. The fourth-order valence-electron chi connectivity index (χ4n) is 0.728. The van der Waals surface area contributed by atoms with Gasteiger partial charge in [-0.3, -0.25) is 0 Å². The van der Waals surface area contributed by atoms with Gasteiger partial charge in [0.05, 0.1) is 5.56 Å². The first-order chi connectivity index (χ1) is 5.52. The number of hydrogen-bond donors (Lipinski definition) is 4. The molecule has 5 nitrogen and oxygen atoms in total. The quantitative estimate of drug-likeness (QED) is 0.370. The van der Waals surface area contributed by atoms with E-state index in [0.717, 1.165) is 12.1 Å². The van der Waals surface area contributed by atoms with Crippen LogP contribution in [0.3, 0.4) is 0 Å². The predicted molar refractivity (Wildman–Crippen MR) is 56.3 cm³/mol. The monoisotopic (exact) mass is 226 g/mol. The molecule has 0 heterocycles. The third kappa shape index (κ3) is 3.27. The van der Waals surface area contributed by atoms with E-state index >= 15 is 0 Å². The fraction of sp³-hybridized carbons (Fsp3) is 0. The van der Waals surface area contributed by atoms with Crippen molar-refractivity contribution in [1.29, 1.82) is 0 Å². The number of aromatic carboxylic acids is 1. The number of phenols is 3. The number of aromatic hydroxyl groups is 3. The number of carbonyl (C=O) groups is 1. The summed E-state index contributed by atoms with van der Waals surface area (Å²) in [6.45, 7) is 0. The molecule has 1 aromatic rings. The average molecular weight is 226 g/mol. The van der Waals surface area contributed by atoms with Crippen molar-refractivity contribution in [2.75, 3.05) is 0 Å². The number of hydrogen-bond acceptors (Lipinski definition) is 4. The Morgan fingerprint density at radius 1 is 1.14 bits per heavy atom. The molecule has 0 unspecified atom stereocenters. The molecule has 74 valence electrons. The minimum absolute atomic E-state index is 0. The van der Waals surface area contributed by atoms with E-state index in [1.165, 1.54) is 0 Å². The molecule has 0 aliphatic carbocycles. The third-order valence-electron chi connectivity index (χ3n) is 1.32. The van der Waals surface area contributed by atoms with Gasteiger partial charge in [0.1, 0.15) is 0 Å². The molecule has 14 heavy (non-hydrogen) atoms. The van der Waals surface area contributed by atoms with E-state index in [4.69, 9.17) is 20.4 Å². The van der Waals surface area contributed by atoms with E-state index in [1.54, 1.807) is 0 Å². The third-order valence-corrected chi connectivity index (χ3v) is 1.32. The summed E-state index contributed by atoms with van der Waals surface area (Å²) in [5.41, 5.74) is -0.289. The van der Waals surface area contributed by atoms with Gasteiger partial charge >= 0.3 is 29.0 Å². The number of rotatable bonds is 1. The zero-order valence-corrected chi connectivity index (χ0v) is 7.97. The zero-order valence-electron chi connectivity index (χ0n) is 8.56. The van der Waals surface area contributed by atoms with Crippen LogP contribution in [0.15, 0.2) is 12.1 Å². The molecular weight excluding hydrogens is 215 g/mol. The van der Waals surface area contributed by atoms with Gasteiger partial charge in [-0.05, 0) is 12.1 Å². The second kappa shape index (κ2) is 5.98. The van der Waals surface area contributed by atoms with Gasteiger partial charge in [0.2, 0.25) is 0 Å². The van der Waals surface area contributed by atoms with Crippen LogP contribution in [0.25, 0.3) is 0 Å². The van der Waals surface area contributed by atoms with E-state index in [9.17, 15) is 4.79 Å². The first-order valence-corrected chi connectivity index (χ1v) is 3.00. The van der Waals surface area contributed by atoms with Crippen molar-refractivity contribution in [2.24, 2.45) is 0 Å². The SMILES string of the molecule is O=C(O)c1cc(O)c(O)c(O)c1.[AlH3].[H-].[H-].[Mg+2]. The van der Waals surface area contributed by atoms with Crippen LogP contribution in [0.4, 0.5) is 0 Å². The summed E-state index contributed by atoms with van der Waals surface area (Å²) in [5, 5.41) is 35.0. The van der Waals surface area contributed by atoms with Gasteiger partial charge in [-0.25, -0.2) is 4.79 Å². The summed E-state index contributed by atoms with van der Waals surface area (Å²) in [6.07, 6.45) is 0. The Morgan fingerprint density at radius 3 is 1.79 bits per heavy atom. The fourth-order valence-corrected chi connectivity index (χ4v) is 0.728. The summed E-state index contributed by atoms with van der Waals surface area (Å²) in [5.74, 6) is -3.33. The van der Waals surface area contributed by atoms with Crippen molar-refractivity contribution in [3.8, 4) is 17.2 Å². The number of phenolic OH excluding ortho intramolecular Hbond substituents is 3. The Morgan fingerprint density at radius 2 is 1.50 bits per heavy atom. The first-order valence-electron chi connectivity index (χ1n) is 3.00. The molecule has 0 fully saturated rings. The first kappa shape index (κ1) is 15.8. The number of benzene rings is 1. The van der Waals surface area contributed by atoms with Crippen molar-refractivity contribution in [2.45, 2.75) is 0 Å². The Hall–Kier alpha value is -0.611. The summed E-state index contributed by atoms with van der Waals surface area (Å²) < 4.78 is 0. The largest absolute Gasteiger partial charge is 2.00 e. The predicted octanol–water partition coefficient (Wildman–Crippen LogP) is -0.838. The molecule has 0 radical (unpaired) electrons. The molecule has 0 bridgehead atoms. The van der Waals surface area contributed by atoms with Crippen molar-refractivity contribution >= 4 is 46.4 Å². The second-order valence-electron chi connectivity index (χ2n) is 2.17. The summed E-state index contributed by atoms with van der Waals surface area (Å²) in [7, 11) is 0. The van der Waals surface area contributed by atoms with E-state index in [2.05, 4.69) is 0 Å². The van der Waals surface area contributed by atoms with E-state index in [0.29, 0.717) is 0 Å². The molecule has 0 saturated carbocycles. The Kier molecular flexibility index (Phi) is 6.77. The van der Waals surface area contributed by atoms with E-state index in [1.807, 2.05) is 0 Å². The maximum absolute atomic E-state index is 10.3. The van der Waals surface area contributed by atoms with Gasteiger partial charge in [0.25, 0.3) is 0 Å². The van der Waals surface area contributed by atoms with E-state index < -0.39 is 23.2 Å². The molecule has 0 aliphatic rings. The Labute approximate surface area is 109 Å². The summed E-state index contributed by atoms with van der Waals surface area (Å²) >= 11 is 0. The van der Waals surface area contributed by atoms with Crippen molar-refractivity contribution in [3.05, 3.63) is 17.7 Å². The van der Waals surface area contributed by atoms with E-state index in [-0.39, 0.29) is 48.8 Å². The summed E-state index contributed by atoms with van der Waals surface area (Å²) in [6, 6.07) is 1.69. The topological polar surface area (TPSA) is 98.0 Å². The van der Waals surface area contributed by atoms with Crippen LogP contribution in [0.5, 0.6) is 17.2 Å². The average Bonchev–Trinajstić information content (AvgIpc) is 1.99. The van der Waals surface area contributed by atoms with Crippen LogP contribution in [-0.2, 0) is 0 Å². The number of carboxylic acid groups (broad SMARTS) is 1. The van der Waals surface area contributed by atoms with Crippen molar-refractivity contribution in [3.63, 3.8) is 0 Å². The molecule has 4 N–H and O–H groups in total. The van der Waals surface area contributed by atoms with Gasteiger partial charge in [-0.2, -0.15) is 0 Å². The molecule has 0 atom stereocenters. The number of carboxylic acids is 1. The summed E-state index contributed by atoms with van der Waals surface area (Å²) in [4.78, 5) is 10.3. The Bertz CT molecular complexity index is 327. The molecular formula is C7H11AlMgO5. The smallest absolute Gasteiger partial charge is 1.00 e. The second-order valence-corrected chi connectivity index (χ2v) is 2.17. The molecule has 0 spiro atoms. The molecule has 0 aliphatic heterocycles. The maximum atomic E-state index is 10.3. The van der Waals surface area contributed by atoms with Gasteiger partial charge in [0.15, 0.2) is 34.6 Å². The van der Waals surface area contributed by atoms with Crippen LogP contribution in [0, 0.1) is 0 Å². The zero-order chi connectivity index (χ0) is 9.30. The van der Waals surface area contributed by atoms with Crippen LogP contribution in [0.1, 0.15) is 13.2 Å². The molecule has 1 aromatic carbocycles. The van der Waals surface area contributed by atoms with Gasteiger partial charge in [0, 0.05) is 0 Å². The Balaban J connectivity index is -0.000000180. The van der Waals surface area contributed by atoms with Crippen LogP contribution in [-0.4, -0.2) is 66.8 Å². The molecule has 1 rings (SSSR count). The van der Waals surface area contributed by atoms with Gasteiger partial charge in [-0.1, -0.05) is 0 Å². The van der Waals surface area contributed by atoms with Gasteiger partial charge in [-0.15, -0.1) is 0 Å². The minimum Gasteiger partial charge on any atom is -1.00 e. The van der Waals surface area contributed by atoms with Crippen molar-refractivity contribution in [1.82, 2.24) is 0 Å². The van der Waals surface area contributed by atoms with Crippen LogP contribution >= 0.6 is 0 Å². The van der Waals surface area contributed by atoms with Crippen LogP contribution in [0.2, 0.25) is 0 Å².